The van der Waals surface area contributed by atoms with Crippen LogP contribution in [0, 0.1) is 5.92 Å². The van der Waals surface area contributed by atoms with Crippen LogP contribution in [0.1, 0.15) is 43.8 Å². The van der Waals surface area contributed by atoms with E-state index < -0.39 is 0 Å². The fourth-order valence-electron chi connectivity index (χ4n) is 4.09. The highest BCUT2D eigenvalue weighted by Crippen LogP contribution is 2.27. The van der Waals surface area contributed by atoms with Crippen LogP contribution in [0.5, 0.6) is 0 Å². The van der Waals surface area contributed by atoms with E-state index in [0.29, 0.717) is 18.0 Å². The average molecular weight is 439 g/mol. The number of anilines is 1. The minimum Gasteiger partial charge on any atom is -0.337 e. The molecule has 0 fully saturated rings. The van der Waals surface area contributed by atoms with Crippen LogP contribution >= 0.6 is 0 Å². The summed E-state index contributed by atoms with van der Waals surface area (Å²) in [6.07, 6.45) is 7.61. The number of imidazole rings is 1. The predicted octanol–water partition coefficient (Wildman–Crippen LogP) is 4.79. The van der Waals surface area contributed by atoms with Crippen molar-refractivity contribution in [2.24, 2.45) is 10.9 Å². The van der Waals surface area contributed by atoms with Gasteiger partial charge < -0.3 is 10.3 Å². The molecule has 33 heavy (non-hydrogen) atoms. The number of aromatic amines is 1. The van der Waals surface area contributed by atoms with Crippen LogP contribution in [0.15, 0.2) is 60.0 Å². The highest BCUT2D eigenvalue weighted by atomic mass is 16.1. The van der Waals surface area contributed by atoms with E-state index in [1.807, 2.05) is 50.4 Å². The molecule has 0 atom stereocenters. The quantitative estimate of drug-likeness (QED) is 0.468. The van der Waals surface area contributed by atoms with Crippen molar-refractivity contribution in [3.63, 3.8) is 0 Å². The van der Waals surface area contributed by atoms with Crippen molar-refractivity contribution >= 4 is 28.3 Å². The number of H-pyrrole nitrogens is 1. The maximum atomic E-state index is 12.2. The first-order valence-corrected chi connectivity index (χ1v) is 11.3. The lowest BCUT2D eigenvalue weighted by molar-refractivity contribution is -0.116. The maximum absolute atomic E-state index is 12.2. The van der Waals surface area contributed by atoms with E-state index in [9.17, 15) is 4.79 Å². The molecule has 1 amide bonds. The van der Waals surface area contributed by atoms with Crippen molar-refractivity contribution < 1.29 is 4.79 Å². The first kappa shape index (κ1) is 21.0. The summed E-state index contributed by atoms with van der Waals surface area (Å²) in [5.41, 5.74) is 7.23. The number of rotatable bonds is 5. The van der Waals surface area contributed by atoms with Crippen LogP contribution in [0.4, 0.5) is 5.69 Å². The Kier molecular flexibility index (Phi) is 5.69. The molecule has 7 heteroatoms. The molecule has 0 unspecified atom stereocenters. The number of carbonyl (C=O) groups is 1. The van der Waals surface area contributed by atoms with E-state index in [1.165, 1.54) is 0 Å². The summed E-state index contributed by atoms with van der Waals surface area (Å²) >= 11 is 0. The summed E-state index contributed by atoms with van der Waals surface area (Å²) in [5, 5.41) is 2.94. The zero-order valence-corrected chi connectivity index (χ0v) is 18.8. The van der Waals surface area contributed by atoms with Crippen LogP contribution in [0.25, 0.3) is 22.2 Å². The van der Waals surface area contributed by atoms with Gasteiger partial charge >= 0.3 is 0 Å². The van der Waals surface area contributed by atoms with Crippen LogP contribution in [0.3, 0.4) is 0 Å². The summed E-state index contributed by atoms with van der Waals surface area (Å²) < 4.78 is 0. The van der Waals surface area contributed by atoms with Gasteiger partial charge in [-0.25, -0.2) is 4.98 Å². The molecular weight excluding hydrogens is 412 g/mol. The molecule has 4 heterocycles. The van der Waals surface area contributed by atoms with Gasteiger partial charge in [-0.3, -0.25) is 19.8 Å². The molecule has 0 radical (unpaired) electrons. The number of benzene rings is 1. The molecule has 3 aromatic heterocycles. The van der Waals surface area contributed by atoms with Gasteiger partial charge in [-0.05, 0) is 43.0 Å². The molecule has 7 nitrogen and oxygen atoms in total. The number of para-hydroxylation sites is 2. The van der Waals surface area contributed by atoms with E-state index in [1.54, 1.807) is 12.4 Å². The molecule has 5 rings (SSSR count). The first-order valence-electron chi connectivity index (χ1n) is 11.3. The third-order valence-electron chi connectivity index (χ3n) is 5.63. The molecule has 166 valence electrons. The Morgan fingerprint density at radius 3 is 2.82 bits per heavy atom. The lowest BCUT2D eigenvalue weighted by Gasteiger charge is -2.11. The van der Waals surface area contributed by atoms with Crippen LogP contribution < -0.4 is 5.32 Å². The third kappa shape index (κ3) is 4.53. The number of aliphatic imine (C=N–C) groups is 1. The number of hydrogen-bond acceptors (Lipinski definition) is 5. The summed E-state index contributed by atoms with van der Waals surface area (Å²) in [4.78, 5) is 34.4. The molecular formula is C26H26N6O. The molecule has 2 N–H and O–H groups in total. The van der Waals surface area contributed by atoms with Gasteiger partial charge in [0.15, 0.2) is 5.82 Å². The number of fused-ring (bicyclic) bond motifs is 2. The predicted molar refractivity (Wildman–Crippen MR) is 130 cm³/mol. The third-order valence-corrected chi connectivity index (χ3v) is 5.63. The number of aryl methyl sites for hydroxylation is 1. The number of nitrogens with one attached hydrogen (secondary N) is 2. The van der Waals surface area contributed by atoms with Gasteiger partial charge in [0.05, 0.1) is 22.9 Å². The van der Waals surface area contributed by atoms with E-state index in [4.69, 9.17) is 15.0 Å². The molecule has 4 aromatic rings. The number of hydrogen-bond donors (Lipinski definition) is 2. The van der Waals surface area contributed by atoms with E-state index in [-0.39, 0.29) is 5.91 Å². The molecule has 0 bridgehead atoms. The summed E-state index contributed by atoms with van der Waals surface area (Å²) in [7, 11) is 0. The Labute approximate surface area is 192 Å². The van der Waals surface area contributed by atoms with Crippen molar-refractivity contribution in [2.75, 3.05) is 11.9 Å². The summed E-state index contributed by atoms with van der Waals surface area (Å²) in [5.74, 6) is 1.04. The number of carbonyl (C=O) groups excluding carboxylic acids is 1. The largest absolute Gasteiger partial charge is 0.337 e. The van der Waals surface area contributed by atoms with Gasteiger partial charge in [0.2, 0.25) is 5.91 Å². The minimum atomic E-state index is -0.0108. The minimum absolute atomic E-state index is 0.0108. The first-order chi connectivity index (χ1) is 16.1. The summed E-state index contributed by atoms with van der Waals surface area (Å²) in [6, 6.07) is 12.0. The van der Waals surface area contributed by atoms with Crippen molar-refractivity contribution in [1.29, 1.82) is 0 Å². The normalized spacial score (nSPS) is 13.5. The number of nitrogens with zero attached hydrogens (tertiary/aromatic N) is 4. The van der Waals surface area contributed by atoms with Gasteiger partial charge in [0.25, 0.3) is 0 Å². The molecule has 1 aromatic carbocycles. The standard InChI is InChI=1S/C26H26N6O/c1-16(2)10-24(33)30-19-11-17(13-27-15-19)18-12-20-21(29-14-18)8-5-9-28-25(20)26-31-22-6-3-4-7-23(22)32-26/h3-4,6-7,11-16H,5,8-10H2,1-2H3,(H,30,33)(H,31,32). The monoisotopic (exact) mass is 438 g/mol. The fourth-order valence-corrected chi connectivity index (χ4v) is 4.09. The highest BCUT2D eigenvalue weighted by Gasteiger charge is 2.20. The van der Waals surface area contributed by atoms with Crippen molar-refractivity contribution in [2.45, 2.75) is 33.1 Å². The molecule has 1 aliphatic rings. The topological polar surface area (TPSA) is 95.9 Å². The molecule has 0 saturated heterocycles. The molecule has 0 spiro atoms. The molecule has 0 saturated carbocycles. The van der Waals surface area contributed by atoms with Crippen LogP contribution in [-0.4, -0.2) is 38.1 Å². The van der Waals surface area contributed by atoms with Crippen LogP contribution in [-0.2, 0) is 11.2 Å². The van der Waals surface area contributed by atoms with Gasteiger partial charge in [0.1, 0.15) is 5.71 Å². The number of aromatic nitrogens is 4. The van der Waals surface area contributed by atoms with Gasteiger partial charge in [0, 0.05) is 47.7 Å². The van der Waals surface area contributed by atoms with E-state index in [2.05, 4.69) is 21.4 Å². The second-order valence-electron chi connectivity index (χ2n) is 8.76. The van der Waals surface area contributed by atoms with Crippen LogP contribution in [0.2, 0.25) is 0 Å². The van der Waals surface area contributed by atoms with Crippen molar-refractivity contribution in [3.8, 4) is 11.1 Å². The van der Waals surface area contributed by atoms with Gasteiger partial charge in [-0.1, -0.05) is 26.0 Å². The fraction of sp³-hybridized carbons (Fsp3) is 0.269. The number of pyridine rings is 2. The Bertz CT molecular complexity index is 1320. The Morgan fingerprint density at radius 2 is 1.97 bits per heavy atom. The zero-order chi connectivity index (χ0) is 22.8. The van der Waals surface area contributed by atoms with E-state index >= 15 is 0 Å². The van der Waals surface area contributed by atoms with E-state index in [0.717, 1.165) is 64.3 Å². The lowest BCUT2D eigenvalue weighted by atomic mass is 10.0. The molecule has 1 aliphatic heterocycles. The SMILES string of the molecule is CC(C)CC(=O)Nc1cncc(-c2cnc3c(c2)C(c2nc4ccccc4[nH]2)=NCCC3)c1. The zero-order valence-electron chi connectivity index (χ0n) is 18.8. The molecule has 0 aliphatic carbocycles. The van der Waals surface area contributed by atoms with Crippen molar-refractivity contribution in [1.82, 2.24) is 19.9 Å². The lowest BCUT2D eigenvalue weighted by Crippen LogP contribution is -2.14. The Morgan fingerprint density at radius 1 is 1.12 bits per heavy atom. The highest BCUT2D eigenvalue weighted by molar-refractivity contribution is 6.13. The van der Waals surface area contributed by atoms with Crippen molar-refractivity contribution in [3.05, 3.63) is 72.1 Å². The average Bonchev–Trinajstić information content (AvgIpc) is 3.11. The Hall–Kier alpha value is -3.87. The second-order valence-corrected chi connectivity index (χ2v) is 8.76. The van der Waals surface area contributed by atoms with Gasteiger partial charge in [-0.15, -0.1) is 0 Å². The smallest absolute Gasteiger partial charge is 0.224 e. The second kappa shape index (κ2) is 8.94. The maximum Gasteiger partial charge on any atom is 0.224 e. The number of amides is 1. The van der Waals surface area contributed by atoms with Gasteiger partial charge in [-0.2, -0.15) is 0 Å². The Balaban J connectivity index is 1.51. The summed E-state index contributed by atoms with van der Waals surface area (Å²) in [6.45, 7) is 4.78.